The number of hydrogen-bond donors (Lipinski definition) is 1. The van der Waals surface area contributed by atoms with Crippen molar-refractivity contribution < 1.29 is 19.1 Å². The molecule has 0 spiro atoms. The van der Waals surface area contributed by atoms with Crippen molar-refractivity contribution in [2.75, 3.05) is 40.3 Å². The number of aromatic nitrogens is 2. The second-order valence-corrected chi connectivity index (χ2v) is 9.56. The van der Waals surface area contributed by atoms with Crippen LogP contribution in [0.1, 0.15) is 37.8 Å². The molecule has 3 aliphatic rings. The predicted molar refractivity (Wildman–Crippen MR) is 118 cm³/mol. The Morgan fingerprint density at radius 3 is 2.72 bits per heavy atom. The van der Waals surface area contributed by atoms with Crippen molar-refractivity contribution in [3.8, 4) is 0 Å². The van der Waals surface area contributed by atoms with Crippen molar-refractivity contribution in [3.05, 3.63) is 11.1 Å². The topological polar surface area (TPSA) is 108 Å². The Hall–Kier alpha value is -2.11. The summed E-state index contributed by atoms with van der Waals surface area (Å²) in [5, 5.41) is 9.15. The molecule has 4 rings (SSSR count). The molecule has 3 aliphatic heterocycles. The highest BCUT2D eigenvalue weighted by Gasteiger charge is 2.45. The third-order valence-corrected chi connectivity index (χ3v) is 7.75. The van der Waals surface area contributed by atoms with Crippen LogP contribution in [0.15, 0.2) is 5.38 Å². The molecule has 4 heterocycles. The third kappa shape index (κ3) is 4.94. The van der Waals surface area contributed by atoms with E-state index in [0.29, 0.717) is 51.9 Å². The van der Waals surface area contributed by atoms with E-state index in [2.05, 4.69) is 31.8 Å². The first-order valence-corrected chi connectivity index (χ1v) is 12.2. The molecule has 3 saturated heterocycles. The van der Waals surface area contributed by atoms with E-state index < -0.39 is 0 Å². The lowest BCUT2D eigenvalue weighted by Crippen LogP contribution is -2.49. The highest BCUT2D eigenvalue weighted by atomic mass is 32.1. The number of amides is 2. The van der Waals surface area contributed by atoms with Crippen LogP contribution >= 0.6 is 11.5 Å². The van der Waals surface area contributed by atoms with Gasteiger partial charge in [0.25, 0.3) is 0 Å². The first kappa shape index (κ1) is 23.1. The largest absolute Gasteiger partial charge is 0.469 e. The van der Waals surface area contributed by atoms with E-state index in [0.717, 1.165) is 18.7 Å². The SMILES string of the molecule is COC(=O)C1CCN(C(=O)CC[C@H]2CNC(=O)[C@@H]3[C@H](CCN3Cc3csnn3)N2C)CC1. The number of likely N-dealkylation sites (tertiary alicyclic amines) is 2. The van der Waals surface area contributed by atoms with Crippen molar-refractivity contribution >= 4 is 29.3 Å². The lowest BCUT2D eigenvalue weighted by molar-refractivity contribution is -0.149. The molecule has 1 aromatic heterocycles. The molecular weight excluding hydrogens is 432 g/mol. The zero-order chi connectivity index (χ0) is 22.7. The van der Waals surface area contributed by atoms with Crippen molar-refractivity contribution in [2.45, 2.75) is 56.8 Å². The summed E-state index contributed by atoms with van der Waals surface area (Å²) in [6.07, 6.45) is 3.38. The Morgan fingerprint density at radius 2 is 2.03 bits per heavy atom. The summed E-state index contributed by atoms with van der Waals surface area (Å²) in [6, 6.07) is 0.0335. The molecule has 0 aromatic carbocycles. The molecule has 2 amide bonds. The van der Waals surface area contributed by atoms with E-state index in [1.807, 2.05) is 10.3 Å². The summed E-state index contributed by atoms with van der Waals surface area (Å²) >= 11 is 1.32. The number of methoxy groups -OCH3 is 1. The van der Waals surface area contributed by atoms with E-state index in [-0.39, 0.29) is 41.8 Å². The Kier molecular flexibility index (Phi) is 7.37. The minimum Gasteiger partial charge on any atom is -0.469 e. The monoisotopic (exact) mass is 464 g/mol. The van der Waals surface area contributed by atoms with Gasteiger partial charge in [0.1, 0.15) is 6.04 Å². The second kappa shape index (κ2) is 10.2. The van der Waals surface area contributed by atoms with Gasteiger partial charge in [0.15, 0.2) is 0 Å². The van der Waals surface area contributed by atoms with Crippen molar-refractivity contribution in [2.24, 2.45) is 5.92 Å². The van der Waals surface area contributed by atoms with Crippen molar-refractivity contribution in [1.29, 1.82) is 0 Å². The number of nitrogens with zero attached hydrogens (tertiary/aromatic N) is 5. The first-order valence-electron chi connectivity index (χ1n) is 11.3. The summed E-state index contributed by atoms with van der Waals surface area (Å²) in [7, 11) is 3.48. The number of piperidine rings is 1. The molecular formula is C21H32N6O4S. The Labute approximate surface area is 192 Å². The minimum absolute atomic E-state index is 0.0567. The summed E-state index contributed by atoms with van der Waals surface area (Å²) in [4.78, 5) is 43.7. The number of nitrogens with one attached hydrogen (secondary N) is 1. The van der Waals surface area contributed by atoms with Gasteiger partial charge in [-0.1, -0.05) is 4.49 Å². The molecule has 0 saturated carbocycles. The van der Waals surface area contributed by atoms with Gasteiger partial charge in [-0.25, -0.2) is 0 Å². The highest BCUT2D eigenvalue weighted by molar-refractivity contribution is 7.03. The van der Waals surface area contributed by atoms with Gasteiger partial charge in [-0.15, -0.1) is 5.10 Å². The molecule has 0 aliphatic carbocycles. The van der Waals surface area contributed by atoms with Gasteiger partial charge in [0, 0.05) is 56.6 Å². The molecule has 1 aromatic rings. The third-order valence-electron chi connectivity index (χ3n) is 7.19. The Balaban J connectivity index is 1.30. The average molecular weight is 465 g/mol. The maximum absolute atomic E-state index is 12.9. The van der Waals surface area contributed by atoms with Crippen LogP contribution in [0, 0.1) is 5.92 Å². The molecule has 1 N–H and O–H groups in total. The van der Waals surface area contributed by atoms with Crippen LogP contribution in [0.5, 0.6) is 0 Å². The van der Waals surface area contributed by atoms with Crippen molar-refractivity contribution in [3.63, 3.8) is 0 Å². The van der Waals surface area contributed by atoms with Crippen molar-refractivity contribution in [1.82, 2.24) is 29.6 Å². The lowest BCUT2D eigenvalue weighted by Gasteiger charge is -2.34. The molecule has 0 unspecified atom stereocenters. The molecule has 3 atom stereocenters. The minimum atomic E-state index is -0.209. The normalized spacial score (nSPS) is 27.6. The zero-order valence-corrected chi connectivity index (χ0v) is 19.6. The maximum atomic E-state index is 12.9. The van der Waals surface area contributed by atoms with Gasteiger partial charge in [0.05, 0.1) is 18.7 Å². The number of hydrogen-bond acceptors (Lipinski definition) is 9. The number of fused-ring (bicyclic) bond motifs is 1. The smallest absolute Gasteiger partial charge is 0.308 e. The maximum Gasteiger partial charge on any atom is 0.308 e. The van der Waals surface area contributed by atoms with E-state index >= 15 is 0 Å². The van der Waals surface area contributed by atoms with E-state index in [9.17, 15) is 14.4 Å². The van der Waals surface area contributed by atoms with Crippen LogP contribution in [-0.2, 0) is 25.7 Å². The molecule has 176 valence electrons. The summed E-state index contributed by atoms with van der Waals surface area (Å²) in [5.74, 6) is -0.104. The molecule has 0 bridgehead atoms. The van der Waals surface area contributed by atoms with Gasteiger partial charge in [-0.3, -0.25) is 24.2 Å². The summed E-state index contributed by atoms with van der Waals surface area (Å²) in [5.41, 5.74) is 0.897. The number of likely N-dealkylation sites (N-methyl/N-ethyl adjacent to an activating group) is 1. The molecule has 11 heteroatoms. The van der Waals surface area contributed by atoms with Gasteiger partial charge in [0.2, 0.25) is 11.8 Å². The van der Waals surface area contributed by atoms with Crippen LogP contribution < -0.4 is 5.32 Å². The number of carbonyl (C=O) groups excluding carboxylic acids is 3. The number of ether oxygens (including phenoxy) is 1. The van der Waals surface area contributed by atoms with Crippen LogP contribution in [0.25, 0.3) is 0 Å². The molecule has 32 heavy (non-hydrogen) atoms. The number of rotatable bonds is 6. The fourth-order valence-electron chi connectivity index (χ4n) is 5.27. The first-order chi connectivity index (χ1) is 15.5. The summed E-state index contributed by atoms with van der Waals surface area (Å²) < 4.78 is 8.75. The quantitative estimate of drug-likeness (QED) is 0.591. The molecule has 10 nitrogen and oxygen atoms in total. The summed E-state index contributed by atoms with van der Waals surface area (Å²) in [6.45, 7) is 3.21. The fraction of sp³-hybridized carbons (Fsp3) is 0.762. The van der Waals surface area contributed by atoms with Crippen LogP contribution in [0.4, 0.5) is 0 Å². The van der Waals surface area contributed by atoms with Gasteiger partial charge < -0.3 is 15.0 Å². The number of carbonyl (C=O) groups is 3. The zero-order valence-electron chi connectivity index (χ0n) is 18.7. The Bertz CT molecular complexity index is 813. The fourth-order valence-corrected chi connectivity index (χ4v) is 5.71. The van der Waals surface area contributed by atoms with Crippen LogP contribution in [0.2, 0.25) is 0 Å². The second-order valence-electron chi connectivity index (χ2n) is 8.95. The average Bonchev–Trinajstić information content (AvgIpc) is 3.46. The standard InChI is InChI=1S/C21H32N6O4S/c1-25-16(3-4-18(28)26-8-5-14(6-9-26)21(30)31-2)11-22-20(29)19-17(25)7-10-27(19)12-15-13-32-24-23-15/h13-14,16-17,19H,3-12H2,1-2H3,(H,22,29)/t16-,17-,19-/m0/s1. The van der Waals surface area contributed by atoms with E-state index in [1.165, 1.54) is 18.6 Å². The van der Waals surface area contributed by atoms with Gasteiger partial charge >= 0.3 is 5.97 Å². The molecule has 3 fully saturated rings. The number of esters is 1. The Morgan fingerprint density at radius 1 is 1.25 bits per heavy atom. The van der Waals surface area contributed by atoms with Crippen LogP contribution in [0.3, 0.4) is 0 Å². The van der Waals surface area contributed by atoms with Gasteiger partial charge in [-0.2, -0.15) is 0 Å². The highest BCUT2D eigenvalue weighted by Crippen LogP contribution is 2.28. The van der Waals surface area contributed by atoms with E-state index in [1.54, 1.807) is 0 Å². The van der Waals surface area contributed by atoms with Crippen LogP contribution in [-0.4, -0.2) is 101 Å². The van der Waals surface area contributed by atoms with Gasteiger partial charge in [-0.05, 0) is 44.3 Å². The molecule has 0 radical (unpaired) electrons. The predicted octanol–water partition coefficient (Wildman–Crippen LogP) is 0.103. The lowest BCUT2D eigenvalue weighted by atomic mass is 9.96. The van der Waals surface area contributed by atoms with E-state index in [4.69, 9.17) is 4.74 Å².